The number of methoxy groups -OCH3 is 1. The Kier molecular flexibility index (Phi) is 6.75. The Bertz CT molecular complexity index is 570. The van der Waals surface area contributed by atoms with Crippen LogP contribution in [0.2, 0.25) is 5.02 Å². The summed E-state index contributed by atoms with van der Waals surface area (Å²) in [5.41, 5.74) is 0.539. The summed E-state index contributed by atoms with van der Waals surface area (Å²) in [6.45, 7) is 6.16. The van der Waals surface area contributed by atoms with Gasteiger partial charge in [0.05, 0.1) is 18.7 Å². The van der Waals surface area contributed by atoms with Gasteiger partial charge in [0, 0.05) is 24.7 Å². The molecule has 1 aromatic rings. The fourth-order valence-corrected chi connectivity index (χ4v) is 3.05. The standard InChI is InChI=1S/C18H27ClN2O3/c1-12(2)11-24-17-15(19)9-13(10-16(17)23-4)18(22)21-7-5-14(20-3)6-8-21/h9-10,12,14,20H,5-8,11H2,1-4H3. The first-order valence-electron chi connectivity index (χ1n) is 8.43. The average Bonchev–Trinajstić information content (AvgIpc) is 2.59. The molecule has 2 rings (SSSR count). The van der Waals surface area contributed by atoms with Crippen molar-refractivity contribution in [2.75, 3.05) is 33.9 Å². The van der Waals surface area contributed by atoms with Crippen LogP contribution in [0.3, 0.4) is 0 Å². The molecule has 1 saturated heterocycles. The zero-order valence-corrected chi connectivity index (χ0v) is 15.7. The molecule has 6 heteroatoms. The van der Waals surface area contributed by atoms with E-state index < -0.39 is 0 Å². The zero-order valence-electron chi connectivity index (χ0n) is 14.9. The Balaban J connectivity index is 2.16. The molecule has 0 spiro atoms. The summed E-state index contributed by atoms with van der Waals surface area (Å²) >= 11 is 6.34. The molecule has 0 radical (unpaired) electrons. The molecule has 1 aliphatic rings. The Morgan fingerprint density at radius 3 is 2.58 bits per heavy atom. The molecular weight excluding hydrogens is 328 g/mol. The van der Waals surface area contributed by atoms with E-state index in [1.165, 1.54) is 0 Å². The molecule has 134 valence electrons. The molecule has 1 heterocycles. The molecule has 5 nitrogen and oxygen atoms in total. The van der Waals surface area contributed by atoms with E-state index in [-0.39, 0.29) is 5.91 Å². The topological polar surface area (TPSA) is 50.8 Å². The van der Waals surface area contributed by atoms with Crippen molar-refractivity contribution in [2.45, 2.75) is 32.7 Å². The van der Waals surface area contributed by atoms with Crippen molar-refractivity contribution in [1.29, 1.82) is 0 Å². The summed E-state index contributed by atoms with van der Waals surface area (Å²) in [6.07, 6.45) is 1.92. The normalized spacial score (nSPS) is 15.7. The van der Waals surface area contributed by atoms with Gasteiger partial charge in [0.1, 0.15) is 0 Å². The lowest BCUT2D eigenvalue weighted by Gasteiger charge is -2.32. The van der Waals surface area contributed by atoms with Crippen LogP contribution in [0.25, 0.3) is 0 Å². The van der Waals surface area contributed by atoms with E-state index in [9.17, 15) is 4.79 Å². The molecule has 0 unspecified atom stereocenters. The fraction of sp³-hybridized carbons (Fsp3) is 0.611. The van der Waals surface area contributed by atoms with E-state index in [0.717, 1.165) is 25.9 Å². The minimum Gasteiger partial charge on any atom is -0.493 e. The number of benzene rings is 1. The smallest absolute Gasteiger partial charge is 0.254 e. The highest BCUT2D eigenvalue weighted by Gasteiger charge is 2.24. The highest BCUT2D eigenvalue weighted by atomic mass is 35.5. The van der Waals surface area contributed by atoms with Crippen molar-refractivity contribution in [3.8, 4) is 11.5 Å². The van der Waals surface area contributed by atoms with E-state index in [1.807, 2.05) is 11.9 Å². The number of carbonyl (C=O) groups is 1. The van der Waals surface area contributed by atoms with Gasteiger partial charge in [0.15, 0.2) is 11.5 Å². The molecule has 0 saturated carbocycles. The number of halogens is 1. The fourth-order valence-electron chi connectivity index (χ4n) is 2.79. The first kappa shape index (κ1) is 18.9. The Hall–Kier alpha value is -1.46. The molecule has 0 atom stereocenters. The number of likely N-dealkylation sites (tertiary alicyclic amines) is 1. The summed E-state index contributed by atoms with van der Waals surface area (Å²) in [6, 6.07) is 3.87. The van der Waals surface area contributed by atoms with E-state index in [4.69, 9.17) is 21.1 Å². The Labute approximate surface area is 149 Å². The number of hydrogen-bond acceptors (Lipinski definition) is 4. The van der Waals surface area contributed by atoms with Gasteiger partial charge in [-0.05, 0) is 37.9 Å². The van der Waals surface area contributed by atoms with Crippen molar-refractivity contribution in [3.63, 3.8) is 0 Å². The third-order valence-electron chi connectivity index (χ3n) is 4.23. The van der Waals surface area contributed by atoms with Crippen molar-refractivity contribution in [1.82, 2.24) is 10.2 Å². The minimum atomic E-state index is -0.0137. The molecule has 1 aliphatic heterocycles. The number of amides is 1. The first-order chi connectivity index (χ1) is 11.5. The van der Waals surface area contributed by atoms with Gasteiger partial charge >= 0.3 is 0 Å². The summed E-state index contributed by atoms with van der Waals surface area (Å²) < 4.78 is 11.1. The number of ether oxygens (including phenoxy) is 2. The number of carbonyl (C=O) groups excluding carboxylic acids is 1. The van der Waals surface area contributed by atoms with Gasteiger partial charge in [-0.3, -0.25) is 4.79 Å². The van der Waals surface area contributed by atoms with E-state index in [2.05, 4.69) is 19.2 Å². The Morgan fingerprint density at radius 2 is 2.04 bits per heavy atom. The average molecular weight is 355 g/mol. The SMILES string of the molecule is CNC1CCN(C(=O)c2cc(Cl)c(OCC(C)C)c(OC)c2)CC1. The largest absolute Gasteiger partial charge is 0.493 e. The van der Waals surface area contributed by atoms with Crippen LogP contribution in [-0.4, -0.2) is 50.7 Å². The molecule has 0 aliphatic carbocycles. The van der Waals surface area contributed by atoms with Gasteiger partial charge < -0.3 is 19.7 Å². The molecule has 24 heavy (non-hydrogen) atoms. The molecular formula is C18H27ClN2O3. The summed E-state index contributed by atoms with van der Waals surface area (Å²) in [5.74, 6) is 1.36. The van der Waals surface area contributed by atoms with Gasteiger partial charge in [0.25, 0.3) is 5.91 Å². The third kappa shape index (κ3) is 4.54. The van der Waals surface area contributed by atoms with Gasteiger partial charge in [-0.15, -0.1) is 0 Å². The lowest BCUT2D eigenvalue weighted by Crippen LogP contribution is -2.43. The molecule has 1 amide bonds. The molecule has 1 N–H and O–H groups in total. The number of nitrogens with zero attached hydrogens (tertiary/aromatic N) is 1. The second-order valence-electron chi connectivity index (χ2n) is 6.55. The van der Waals surface area contributed by atoms with Crippen LogP contribution in [0.1, 0.15) is 37.0 Å². The van der Waals surface area contributed by atoms with E-state index in [1.54, 1.807) is 19.2 Å². The molecule has 0 bridgehead atoms. The highest BCUT2D eigenvalue weighted by Crippen LogP contribution is 2.37. The summed E-state index contributed by atoms with van der Waals surface area (Å²) in [4.78, 5) is 14.6. The quantitative estimate of drug-likeness (QED) is 0.852. The summed E-state index contributed by atoms with van der Waals surface area (Å²) in [7, 11) is 3.52. The predicted molar refractivity (Wildman–Crippen MR) is 96.3 cm³/mol. The van der Waals surface area contributed by atoms with Crippen molar-refractivity contribution in [3.05, 3.63) is 22.7 Å². The first-order valence-corrected chi connectivity index (χ1v) is 8.81. The van der Waals surface area contributed by atoms with Gasteiger partial charge in [0.2, 0.25) is 0 Å². The maximum atomic E-state index is 12.7. The monoisotopic (exact) mass is 354 g/mol. The molecule has 1 fully saturated rings. The van der Waals surface area contributed by atoms with Crippen molar-refractivity contribution in [2.24, 2.45) is 5.92 Å². The van der Waals surface area contributed by atoms with E-state index in [0.29, 0.717) is 40.7 Å². The second-order valence-corrected chi connectivity index (χ2v) is 6.96. The van der Waals surface area contributed by atoms with Crippen LogP contribution in [0.4, 0.5) is 0 Å². The Morgan fingerprint density at radius 1 is 1.38 bits per heavy atom. The van der Waals surface area contributed by atoms with E-state index >= 15 is 0 Å². The zero-order chi connectivity index (χ0) is 17.7. The van der Waals surface area contributed by atoms with Gasteiger partial charge in [-0.1, -0.05) is 25.4 Å². The third-order valence-corrected chi connectivity index (χ3v) is 4.51. The van der Waals surface area contributed by atoms with Crippen molar-refractivity contribution < 1.29 is 14.3 Å². The number of rotatable bonds is 6. The molecule has 1 aromatic carbocycles. The predicted octanol–water partition coefficient (Wildman–Crippen LogP) is 3.21. The number of hydrogen-bond donors (Lipinski definition) is 1. The maximum Gasteiger partial charge on any atom is 0.254 e. The lowest BCUT2D eigenvalue weighted by molar-refractivity contribution is 0.0707. The second kappa shape index (κ2) is 8.58. The molecule has 0 aromatic heterocycles. The van der Waals surface area contributed by atoms with Gasteiger partial charge in [-0.25, -0.2) is 0 Å². The van der Waals surface area contributed by atoms with Crippen molar-refractivity contribution >= 4 is 17.5 Å². The number of nitrogens with one attached hydrogen (secondary N) is 1. The number of piperidine rings is 1. The van der Waals surface area contributed by atoms with Gasteiger partial charge in [-0.2, -0.15) is 0 Å². The highest BCUT2D eigenvalue weighted by molar-refractivity contribution is 6.32. The van der Waals surface area contributed by atoms with Crippen LogP contribution in [0.5, 0.6) is 11.5 Å². The van der Waals surface area contributed by atoms with Crippen LogP contribution in [0.15, 0.2) is 12.1 Å². The lowest BCUT2D eigenvalue weighted by atomic mass is 10.0. The van der Waals surface area contributed by atoms with Crippen LogP contribution < -0.4 is 14.8 Å². The van der Waals surface area contributed by atoms with Crippen LogP contribution in [-0.2, 0) is 0 Å². The minimum absolute atomic E-state index is 0.0137. The maximum absolute atomic E-state index is 12.7. The van der Waals surface area contributed by atoms with Crippen LogP contribution >= 0.6 is 11.6 Å². The summed E-state index contributed by atoms with van der Waals surface area (Å²) in [5, 5.41) is 3.67. The van der Waals surface area contributed by atoms with Crippen LogP contribution in [0, 0.1) is 5.92 Å².